The quantitative estimate of drug-likeness (QED) is 0.297. The number of nitrogens with one attached hydrogen (secondary N) is 1. The molecular weight excluding hydrogens is 482 g/mol. The number of benzene rings is 1. The van der Waals surface area contributed by atoms with E-state index in [1.54, 1.807) is 11.3 Å². The number of nitrogens with two attached hydrogens (primary N) is 1. The number of fused-ring (bicyclic) bond motifs is 1. The lowest BCUT2D eigenvalue weighted by molar-refractivity contribution is -0.0112. The predicted molar refractivity (Wildman–Crippen MR) is 147 cm³/mol. The van der Waals surface area contributed by atoms with E-state index in [0.717, 1.165) is 53.5 Å². The number of carbonyl (C=O) groups is 1. The number of aromatic nitrogens is 1. The van der Waals surface area contributed by atoms with Crippen LogP contribution in [0.1, 0.15) is 60.3 Å². The Balaban J connectivity index is 1.57. The summed E-state index contributed by atoms with van der Waals surface area (Å²) >= 11 is 1.71. The van der Waals surface area contributed by atoms with Crippen molar-refractivity contribution in [2.45, 2.75) is 51.7 Å². The Kier molecular flexibility index (Phi) is 7.66. The lowest BCUT2D eigenvalue weighted by Crippen LogP contribution is -2.27. The second kappa shape index (κ2) is 10.2. The van der Waals surface area contributed by atoms with Gasteiger partial charge in [-0.05, 0) is 86.8 Å². The van der Waals surface area contributed by atoms with Crippen molar-refractivity contribution in [2.75, 3.05) is 31.7 Å². The van der Waals surface area contributed by atoms with Crippen LogP contribution in [-0.4, -0.2) is 62.2 Å². The van der Waals surface area contributed by atoms with Crippen LogP contribution in [0.4, 0.5) is 0 Å². The van der Waals surface area contributed by atoms with Crippen LogP contribution in [0.15, 0.2) is 29.8 Å². The van der Waals surface area contributed by atoms with Gasteiger partial charge in [0.05, 0.1) is 23.3 Å². The number of rotatable bonds is 8. The number of carbonyl (C=O) groups excluding carboxylic acids is 1. The first-order valence-corrected chi connectivity index (χ1v) is 14.8. The van der Waals surface area contributed by atoms with Crippen LogP contribution in [0.2, 0.25) is 0 Å². The van der Waals surface area contributed by atoms with Crippen LogP contribution in [0.5, 0.6) is 0 Å². The average molecular weight is 520 g/mol. The molecular formula is C26H37N3O4S2. The topological polar surface area (TPSA) is 112 Å². The molecule has 1 fully saturated rings. The van der Waals surface area contributed by atoms with Crippen LogP contribution >= 0.6 is 21.9 Å². The van der Waals surface area contributed by atoms with Gasteiger partial charge in [-0.25, -0.2) is 0 Å². The highest BCUT2D eigenvalue weighted by atomic mass is 32.3. The molecule has 3 heterocycles. The standard InChI is InChI=1S/C26H37N3O4S2/c1-26(2,3)33-8-7-29(4)15-20-11-19(16-34-20)18-12-21-23(17-5-9-35(31,32)10-6-17)14-28-24(21)22(13-18)25(27)30/h11-14,16-17,28,31-32H,5-10,15H2,1-4H3,(H2,27,30). The second-order valence-corrected chi connectivity index (χ2v) is 14.0. The fraction of sp³-hybridized carbons (Fsp3) is 0.500. The minimum atomic E-state index is -2.45. The first-order valence-electron chi connectivity index (χ1n) is 12.0. The van der Waals surface area contributed by atoms with Crippen molar-refractivity contribution in [3.8, 4) is 11.1 Å². The summed E-state index contributed by atoms with van der Waals surface area (Å²) in [5.41, 5.74) is 10.0. The zero-order chi connectivity index (χ0) is 25.4. The van der Waals surface area contributed by atoms with Gasteiger partial charge in [0, 0.05) is 41.1 Å². The summed E-state index contributed by atoms with van der Waals surface area (Å²) in [7, 11) is -0.357. The van der Waals surface area contributed by atoms with Gasteiger partial charge in [-0.1, -0.05) is 0 Å². The summed E-state index contributed by atoms with van der Waals surface area (Å²) in [5.74, 6) is 0.614. The molecule has 0 atom stereocenters. The van der Waals surface area contributed by atoms with E-state index in [-0.39, 0.29) is 11.5 Å². The van der Waals surface area contributed by atoms with Crippen molar-refractivity contribution in [3.63, 3.8) is 0 Å². The molecule has 0 saturated carbocycles. The molecule has 35 heavy (non-hydrogen) atoms. The normalized spacial score (nSPS) is 17.8. The molecule has 0 unspecified atom stereocenters. The van der Waals surface area contributed by atoms with Gasteiger partial charge in [0.25, 0.3) is 5.91 Å². The van der Waals surface area contributed by atoms with Crippen LogP contribution in [0.25, 0.3) is 22.0 Å². The van der Waals surface area contributed by atoms with Crippen molar-refractivity contribution in [2.24, 2.45) is 5.73 Å². The first-order chi connectivity index (χ1) is 16.4. The molecule has 192 valence electrons. The summed E-state index contributed by atoms with van der Waals surface area (Å²) in [6.45, 7) is 8.55. The Morgan fingerprint density at radius 1 is 1.23 bits per heavy atom. The molecule has 7 nitrogen and oxygen atoms in total. The summed E-state index contributed by atoms with van der Waals surface area (Å²) in [6.07, 6.45) is 3.40. The van der Waals surface area contributed by atoms with Crippen LogP contribution < -0.4 is 5.73 Å². The Morgan fingerprint density at radius 2 is 1.94 bits per heavy atom. The van der Waals surface area contributed by atoms with Gasteiger partial charge in [0.1, 0.15) is 0 Å². The van der Waals surface area contributed by atoms with Crippen molar-refractivity contribution in [1.82, 2.24) is 9.88 Å². The molecule has 1 saturated heterocycles. The maximum atomic E-state index is 12.3. The summed E-state index contributed by atoms with van der Waals surface area (Å²) < 4.78 is 25.9. The minimum Gasteiger partial charge on any atom is -0.375 e. The summed E-state index contributed by atoms with van der Waals surface area (Å²) in [6, 6.07) is 6.18. The van der Waals surface area contributed by atoms with Crippen LogP contribution in [0.3, 0.4) is 0 Å². The number of nitrogens with zero attached hydrogens (tertiary/aromatic N) is 1. The zero-order valence-electron chi connectivity index (χ0n) is 21.0. The highest BCUT2D eigenvalue weighted by Gasteiger charge is 2.27. The second-order valence-electron chi connectivity index (χ2n) is 10.5. The third kappa shape index (κ3) is 6.47. The highest BCUT2D eigenvalue weighted by Crippen LogP contribution is 2.49. The van der Waals surface area contributed by atoms with E-state index in [1.807, 2.05) is 12.3 Å². The molecule has 0 radical (unpaired) electrons. The van der Waals surface area contributed by atoms with Crippen molar-refractivity contribution in [1.29, 1.82) is 0 Å². The summed E-state index contributed by atoms with van der Waals surface area (Å²) in [4.78, 5) is 19.1. The molecule has 0 spiro atoms. The maximum absolute atomic E-state index is 12.3. The Hall–Kier alpha value is -1.88. The molecule has 5 N–H and O–H groups in total. The smallest absolute Gasteiger partial charge is 0.250 e. The SMILES string of the molecule is CN(CCOC(C)(C)C)Cc1cc(-c2cc(C(N)=O)c3[nH]cc(C4CCS(O)(O)CC4)c3c2)cs1. The highest BCUT2D eigenvalue weighted by molar-refractivity contribution is 8.24. The average Bonchev–Trinajstić information content (AvgIpc) is 3.39. The van der Waals surface area contributed by atoms with Gasteiger partial charge in [0.2, 0.25) is 0 Å². The third-order valence-corrected chi connectivity index (χ3v) is 9.23. The molecule has 1 aliphatic heterocycles. The van der Waals surface area contributed by atoms with Crippen molar-refractivity contribution in [3.05, 3.63) is 45.8 Å². The van der Waals surface area contributed by atoms with Crippen LogP contribution in [0, 0.1) is 0 Å². The van der Waals surface area contributed by atoms with Gasteiger partial charge in [-0.15, -0.1) is 11.3 Å². The van der Waals surface area contributed by atoms with Gasteiger partial charge >= 0.3 is 0 Å². The minimum absolute atomic E-state index is 0.136. The van der Waals surface area contributed by atoms with Crippen LogP contribution in [-0.2, 0) is 11.3 Å². The number of hydrogen-bond acceptors (Lipinski definition) is 6. The number of ether oxygens (including phenoxy) is 1. The van der Waals surface area contributed by atoms with E-state index >= 15 is 0 Å². The fourth-order valence-electron chi connectivity index (χ4n) is 4.64. The molecule has 3 aromatic rings. The fourth-order valence-corrected chi connectivity index (χ4v) is 7.14. The van der Waals surface area contributed by atoms with Gasteiger partial charge < -0.3 is 15.5 Å². The zero-order valence-corrected chi connectivity index (χ0v) is 22.6. The van der Waals surface area contributed by atoms with E-state index in [4.69, 9.17) is 10.5 Å². The molecule has 0 aliphatic carbocycles. The predicted octanol–water partition coefficient (Wildman–Crippen LogP) is 5.87. The third-order valence-electron chi connectivity index (χ3n) is 6.53. The Labute approximate surface area is 213 Å². The number of aromatic amines is 1. The Morgan fingerprint density at radius 3 is 2.60 bits per heavy atom. The number of H-pyrrole nitrogens is 1. The van der Waals surface area contributed by atoms with Crippen molar-refractivity contribution >= 4 is 38.7 Å². The molecule has 4 rings (SSSR count). The first kappa shape index (κ1) is 26.2. The van der Waals surface area contributed by atoms with E-state index < -0.39 is 16.5 Å². The lowest BCUT2D eigenvalue weighted by Gasteiger charge is -2.39. The monoisotopic (exact) mass is 519 g/mol. The van der Waals surface area contributed by atoms with E-state index in [0.29, 0.717) is 23.7 Å². The van der Waals surface area contributed by atoms with E-state index in [1.165, 1.54) is 4.88 Å². The Bertz CT molecular complexity index is 1190. The van der Waals surface area contributed by atoms with E-state index in [2.05, 4.69) is 55.2 Å². The number of amides is 1. The lowest BCUT2D eigenvalue weighted by atomic mass is 9.91. The van der Waals surface area contributed by atoms with Gasteiger partial charge in [-0.2, -0.15) is 10.6 Å². The van der Waals surface area contributed by atoms with Gasteiger partial charge in [-0.3, -0.25) is 18.8 Å². The number of primary amides is 1. The summed E-state index contributed by atoms with van der Waals surface area (Å²) in [5, 5.41) is 3.12. The van der Waals surface area contributed by atoms with E-state index in [9.17, 15) is 13.9 Å². The number of likely N-dealkylation sites (N-methyl/N-ethyl adjacent to an activating group) is 1. The maximum Gasteiger partial charge on any atom is 0.250 e. The number of thiophene rings is 1. The molecule has 1 amide bonds. The molecule has 0 bridgehead atoms. The van der Waals surface area contributed by atoms with Gasteiger partial charge in [0.15, 0.2) is 0 Å². The molecule has 2 aromatic heterocycles. The molecule has 1 aromatic carbocycles. The largest absolute Gasteiger partial charge is 0.375 e. The van der Waals surface area contributed by atoms with Crippen molar-refractivity contribution < 1.29 is 18.6 Å². The number of hydrogen-bond donors (Lipinski definition) is 4. The molecule has 9 heteroatoms. The molecule has 1 aliphatic rings.